The third-order valence-corrected chi connectivity index (χ3v) is 6.53. The normalized spacial score (nSPS) is 16.1. The molecule has 1 aromatic heterocycles. The zero-order chi connectivity index (χ0) is 27.1. The maximum absolute atomic E-state index is 10.3. The largest absolute Gasteiger partial charge is 0.390 e. The van der Waals surface area contributed by atoms with Crippen molar-refractivity contribution in [2.24, 2.45) is 4.99 Å². The Balaban J connectivity index is 0.00000205. The summed E-state index contributed by atoms with van der Waals surface area (Å²) in [6, 6.07) is 4.42. The zero-order valence-corrected chi connectivity index (χ0v) is 23.9. The first-order chi connectivity index (χ1) is 17.3. The number of likely N-dealkylation sites (N-methyl/N-ethyl adjacent to an activating group) is 4. The van der Waals surface area contributed by atoms with E-state index >= 15 is 0 Å². The molecule has 7 nitrogen and oxygen atoms in total. The number of aromatic nitrogens is 1. The van der Waals surface area contributed by atoms with Gasteiger partial charge >= 0.3 is 0 Å². The Bertz CT molecular complexity index is 865. The summed E-state index contributed by atoms with van der Waals surface area (Å²) in [5.74, 6) is 0.951. The molecule has 0 spiro atoms. The third-order valence-electron chi connectivity index (χ3n) is 6.53. The zero-order valence-electron chi connectivity index (χ0n) is 23.9. The molecule has 2 rings (SSSR count). The fourth-order valence-corrected chi connectivity index (χ4v) is 4.32. The van der Waals surface area contributed by atoms with E-state index < -0.39 is 0 Å². The van der Waals surface area contributed by atoms with Gasteiger partial charge < -0.3 is 19.8 Å². The van der Waals surface area contributed by atoms with Crippen LogP contribution in [0.25, 0.3) is 0 Å². The van der Waals surface area contributed by atoms with E-state index in [9.17, 15) is 5.11 Å². The van der Waals surface area contributed by atoms with Gasteiger partial charge in [-0.1, -0.05) is 45.9 Å². The molecular weight excluding hydrogens is 448 g/mol. The summed E-state index contributed by atoms with van der Waals surface area (Å²) in [5.41, 5.74) is 3.98. The van der Waals surface area contributed by atoms with E-state index in [1.807, 2.05) is 30.3 Å². The summed E-state index contributed by atoms with van der Waals surface area (Å²) in [4.78, 5) is 17.7. The average molecular weight is 499 g/mol. The molecule has 0 aliphatic heterocycles. The number of hydrogen-bond donors (Lipinski definition) is 1. The van der Waals surface area contributed by atoms with Crippen molar-refractivity contribution in [3.05, 3.63) is 65.5 Å². The minimum atomic E-state index is -0.130. The molecule has 36 heavy (non-hydrogen) atoms. The van der Waals surface area contributed by atoms with Gasteiger partial charge in [0.15, 0.2) is 0 Å². The van der Waals surface area contributed by atoms with Crippen LogP contribution in [0.2, 0.25) is 0 Å². The van der Waals surface area contributed by atoms with Crippen LogP contribution < -0.4 is 0 Å². The summed E-state index contributed by atoms with van der Waals surface area (Å²) in [7, 11) is 8.23. The van der Waals surface area contributed by atoms with E-state index in [0.29, 0.717) is 6.54 Å². The second kappa shape index (κ2) is 17.1. The van der Waals surface area contributed by atoms with Gasteiger partial charge in [0, 0.05) is 39.9 Å². The number of aliphatic hydroxyl groups excluding tert-OH is 1. The molecule has 202 valence electrons. The summed E-state index contributed by atoms with van der Waals surface area (Å²) in [6.45, 7) is 17.4. The molecule has 0 saturated carbocycles. The number of pyridine rings is 1. The van der Waals surface area contributed by atoms with Crippen LogP contribution in [0.3, 0.4) is 0 Å². The number of aryl methyl sites for hydroxylation is 1. The van der Waals surface area contributed by atoms with E-state index in [1.165, 1.54) is 12.0 Å². The van der Waals surface area contributed by atoms with Gasteiger partial charge in [0.2, 0.25) is 0 Å². The van der Waals surface area contributed by atoms with Gasteiger partial charge in [0.1, 0.15) is 5.82 Å². The summed E-state index contributed by atoms with van der Waals surface area (Å²) >= 11 is 0. The summed E-state index contributed by atoms with van der Waals surface area (Å²) < 4.78 is 0. The Morgan fingerprint density at radius 2 is 1.89 bits per heavy atom. The van der Waals surface area contributed by atoms with Crippen molar-refractivity contribution in [1.29, 1.82) is 0 Å². The number of allylic oxidation sites excluding steroid dienone is 2. The lowest BCUT2D eigenvalue weighted by atomic mass is 9.91. The molecule has 0 unspecified atom stereocenters. The van der Waals surface area contributed by atoms with Crippen LogP contribution in [-0.2, 0) is 6.42 Å². The van der Waals surface area contributed by atoms with E-state index in [1.54, 1.807) is 6.08 Å². The van der Waals surface area contributed by atoms with Crippen molar-refractivity contribution >= 4 is 6.72 Å². The van der Waals surface area contributed by atoms with Crippen molar-refractivity contribution in [2.45, 2.75) is 52.5 Å². The maximum atomic E-state index is 10.3. The second-order valence-electron chi connectivity index (χ2n) is 9.42. The lowest BCUT2D eigenvalue weighted by Crippen LogP contribution is -2.37. The van der Waals surface area contributed by atoms with Crippen molar-refractivity contribution < 1.29 is 5.11 Å². The Morgan fingerprint density at radius 1 is 1.19 bits per heavy atom. The van der Waals surface area contributed by atoms with Gasteiger partial charge in [0.25, 0.3) is 0 Å². The maximum Gasteiger partial charge on any atom is 0.108 e. The highest BCUT2D eigenvalue weighted by Gasteiger charge is 2.26. The quantitative estimate of drug-likeness (QED) is 0.318. The van der Waals surface area contributed by atoms with Gasteiger partial charge in [-0.05, 0) is 64.3 Å². The first-order valence-electron chi connectivity index (χ1n) is 13.2. The summed E-state index contributed by atoms with van der Waals surface area (Å²) in [5, 5.41) is 10.3. The average Bonchev–Trinajstić information content (AvgIpc) is 2.89. The van der Waals surface area contributed by atoms with Crippen molar-refractivity contribution in [1.82, 2.24) is 24.6 Å². The van der Waals surface area contributed by atoms with E-state index in [0.717, 1.165) is 61.8 Å². The molecule has 0 aromatic carbocycles. The molecular formula is C29H50N6O. The fourth-order valence-electron chi connectivity index (χ4n) is 4.32. The molecule has 1 heterocycles. The van der Waals surface area contributed by atoms with Crippen LogP contribution in [0, 0.1) is 0 Å². The minimum absolute atomic E-state index is 0.130. The second-order valence-corrected chi connectivity index (χ2v) is 9.42. The van der Waals surface area contributed by atoms with Gasteiger partial charge in [-0.25, -0.2) is 0 Å². The predicted molar refractivity (Wildman–Crippen MR) is 154 cm³/mol. The van der Waals surface area contributed by atoms with Crippen molar-refractivity contribution in [3.63, 3.8) is 0 Å². The Kier molecular flexibility index (Phi) is 14.9. The van der Waals surface area contributed by atoms with Crippen LogP contribution in [0.1, 0.15) is 57.3 Å². The highest BCUT2D eigenvalue weighted by molar-refractivity contribution is 5.33. The molecule has 1 aliphatic rings. The van der Waals surface area contributed by atoms with Crippen LogP contribution >= 0.6 is 0 Å². The van der Waals surface area contributed by atoms with E-state index in [-0.39, 0.29) is 12.6 Å². The summed E-state index contributed by atoms with van der Waals surface area (Å²) in [6.07, 6.45) is 10.1. The van der Waals surface area contributed by atoms with Crippen LogP contribution in [0.4, 0.5) is 0 Å². The van der Waals surface area contributed by atoms with Crippen LogP contribution in [-0.4, -0.2) is 97.4 Å². The molecule has 0 amide bonds. The van der Waals surface area contributed by atoms with E-state index in [2.05, 4.69) is 86.0 Å². The van der Waals surface area contributed by atoms with E-state index in [4.69, 9.17) is 0 Å². The standard InChI is InChI=1S/C26H42N6O.C3H8/c1-8-12-25(30(5)18-17-29(4)9-2)32(7)24(20-33)22(27-3)19-31(6)23-15-10-13-21-14-11-16-28-26(21)23;1-3-2/h8,11-12,14,16,23,33H,1,3,9-10,13,15,17-20H2,2,4-7H3;3H2,1-2H3/b24-22-,25-12-;/t23-;/m0./s1. The Hall–Kier alpha value is -2.48. The number of aliphatic hydroxyl groups is 1. The molecule has 1 atom stereocenters. The molecule has 0 bridgehead atoms. The first kappa shape index (κ1) is 31.5. The molecule has 0 fully saturated rings. The minimum Gasteiger partial charge on any atom is -0.390 e. The predicted octanol–water partition coefficient (Wildman–Crippen LogP) is 4.55. The van der Waals surface area contributed by atoms with Crippen LogP contribution in [0.5, 0.6) is 0 Å². The highest BCUT2D eigenvalue weighted by Crippen LogP contribution is 2.32. The third kappa shape index (κ3) is 9.19. The van der Waals surface area contributed by atoms with Crippen molar-refractivity contribution in [3.8, 4) is 0 Å². The first-order valence-corrected chi connectivity index (χ1v) is 13.2. The molecule has 1 aromatic rings. The topological polar surface area (TPSA) is 58.4 Å². The van der Waals surface area contributed by atoms with Crippen LogP contribution in [0.15, 0.2) is 59.3 Å². The van der Waals surface area contributed by atoms with Gasteiger partial charge in [-0.15, -0.1) is 0 Å². The monoisotopic (exact) mass is 498 g/mol. The number of rotatable bonds is 13. The van der Waals surface area contributed by atoms with Crippen molar-refractivity contribution in [2.75, 3.05) is 61.0 Å². The number of fused-ring (bicyclic) bond motifs is 1. The molecule has 0 saturated heterocycles. The lowest BCUT2D eigenvalue weighted by Gasteiger charge is -2.35. The Labute approximate surface area is 220 Å². The smallest absolute Gasteiger partial charge is 0.108 e. The fraction of sp³-hybridized carbons (Fsp3) is 0.586. The molecule has 1 aliphatic carbocycles. The Morgan fingerprint density at radius 3 is 2.47 bits per heavy atom. The lowest BCUT2D eigenvalue weighted by molar-refractivity contribution is 0.216. The SMILES string of the molecule is C=C/C=C(/N(C)CCN(C)CC)N(C)/C(CO)=C(/CN(C)[C@H]1CCCc2cccnc21)N=C.CCC. The molecule has 7 heteroatoms. The van der Waals surface area contributed by atoms with Gasteiger partial charge in [-0.3, -0.25) is 14.9 Å². The molecule has 1 N–H and O–H groups in total. The number of aliphatic imine (C=N–C) groups is 1. The highest BCUT2D eigenvalue weighted by atomic mass is 16.3. The number of hydrogen-bond acceptors (Lipinski definition) is 7. The molecule has 0 radical (unpaired) electrons. The van der Waals surface area contributed by atoms with Gasteiger partial charge in [0.05, 0.1) is 29.7 Å². The van der Waals surface area contributed by atoms with Gasteiger partial charge in [-0.2, -0.15) is 0 Å². The number of nitrogens with zero attached hydrogens (tertiary/aromatic N) is 6.